The molecule has 1 N–H and O–H groups in total. The second-order valence-corrected chi connectivity index (χ2v) is 3.93. The number of aryl methyl sites for hydroxylation is 1. The van der Waals surface area contributed by atoms with Crippen molar-refractivity contribution in [2.45, 2.75) is 6.92 Å². The zero-order valence-electron chi connectivity index (χ0n) is 7.81. The van der Waals surface area contributed by atoms with Crippen LogP contribution in [0.2, 0.25) is 0 Å². The van der Waals surface area contributed by atoms with Crippen LogP contribution in [0.15, 0.2) is 22.7 Å². The van der Waals surface area contributed by atoms with Crippen LogP contribution in [0, 0.1) is 18.6 Å². The summed E-state index contributed by atoms with van der Waals surface area (Å²) in [5, 5.41) is 6.66. The second kappa shape index (κ2) is 3.73. The molecule has 2 aromatic rings. The molecule has 0 aliphatic carbocycles. The van der Waals surface area contributed by atoms with E-state index in [1.807, 2.05) is 6.92 Å². The number of aromatic amines is 1. The summed E-state index contributed by atoms with van der Waals surface area (Å²) in [6.45, 7) is 1.81. The minimum Gasteiger partial charge on any atom is -0.281 e. The van der Waals surface area contributed by atoms with Crippen LogP contribution in [0.3, 0.4) is 0 Å². The van der Waals surface area contributed by atoms with Crippen molar-refractivity contribution in [3.63, 3.8) is 0 Å². The third-order valence-electron chi connectivity index (χ3n) is 2.06. The Bertz CT molecular complexity index is 508. The second-order valence-electron chi connectivity index (χ2n) is 3.14. The van der Waals surface area contributed by atoms with E-state index < -0.39 is 11.6 Å². The maximum atomic E-state index is 13.4. The van der Waals surface area contributed by atoms with Crippen molar-refractivity contribution in [1.29, 1.82) is 0 Å². The maximum Gasteiger partial charge on any atom is 0.135 e. The number of H-pyrrole nitrogens is 1. The van der Waals surface area contributed by atoms with E-state index in [1.54, 1.807) is 0 Å². The average molecular weight is 273 g/mol. The van der Waals surface area contributed by atoms with Crippen LogP contribution in [-0.4, -0.2) is 10.2 Å². The molecule has 15 heavy (non-hydrogen) atoms. The quantitative estimate of drug-likeness (QED) is 0.847. The Morgan fingerprint density at radius 1 is 1.33 bits per heavy atom. The fourth-order valence-electron chi connectivity index (χ4n) is 1.28. The van der Waals surface area contributed by atoms with E-state index in [2.05, 4.69) is 26.1 Å². The molecular formula is C10H7BrF2N2. The maximum absolute atomic E-state index is 13.4. The standard InChI is InChI=1S/C10H7BrF2N2/c1-5-9(11)10(15-14-5)7-3-2-6(12)4-8(7)13/h2-4H,1H3,(H,14,15). The van der Waals surface area contributed by atoms with Crippen LogP contribution < -0.4 is 0 Å². The molecule has 0 unspecified atom stereocenters. The smallest absolute Gasteiger partial charge is 0.135 e. The monoisotopic (exact) mass is 272 g/mol. The van der Waals surface area contributed by atoms with Gasteiger partial charge in [-0.3, -0.25) is 5.10 Å². The number of nitrogens with zero attached hydrogens (tertiary/aromatic N) is 1. The van der Waals surface area contributed by atoms with Crippen molar-refractivity contribution in [2.24, 2.45) is 0 Å². The number of halogens is 3. The summed E-state index contributed by atoms with van der Waals surface area (Å²) in [4.78, 5) is 0. The van der Waals surface area contributed by atoms with Crippen LogP contribution in [0.25, 0.3) is 11.3 Å². The Kier molecular flexibility index (Phi) is 2.56. The van der Waals surface area contributed by atoms with Crippen LogP contribution in [-0.2, 0) is 0 Å². The SMILES string of the molecule is Cc1[nH]nc(-c2ccc(F)cc2F)c1Br. The largest absolute Gasteiger partial charge is 0.281 e. The molecule has 0 aliphatic heterocycles. The van der Waals surface area contributed by atoms with Crippen molar-refractivity contribution in [3.05, 3.63) is 40.0 Å². The van der Waals surface area contributed by atoms with E-state index >= 15 is 0 Å². The fourth-order valence-corrected chi connectivity index (χ4v) is 1.67. The Hall–Kier alpha value is -1.23. The molecular weight excluding hydrogens is 266 g/mol. The number of benzene rings is 1. The number of aromatic nitrogens is 2. The topological polar surface area (TPSA) is 28.7 Å². The van der Waals surface area contributed by atoms with E-state index in [-0.39, 0.29) is 5.56 Å². The molecule has 0 saturated heterocycles. The molecule has 0 radical (unpaired) electrons. The summed E-state index contributed by atoms with van der Waals surface area (Å²) in [6.07, 6.45) is 0. The molecule has 1 aromatic carbocycles. The first-order valence-corrected chi connectivity index (χ1v) is 5.05. The van der Waals surface area contributed by atoms with E-state index in [0.717, 1.165) is 11.8 Å². The predicted molar refractivity (Wildman–Crippen MR) is 56.4 cm³/mol. The van der Waals surface area contributed by atoms with E-state index in [4.69, 9.17) is 0 Å². The zero-order valence-corrected chi connectivity index (χ0v) is 9.40. The van der Waals surface area contributed by atoms with Gasteiger partial charge in [0.2, 0.25) is 0 Å². The zero-order chi connectivity index (χ0) is 11.0. The van der Waals surface area contributed by atoms with Crippen LogP contribution in [0.5, 0.6) is 0 Å². The Morgan fingerprint density at radius 3 is 2.60 bits per heavy atom. The highest BCUT2D eigenvalue weighted by atomic mass is 79.9. The summed E-state index contributed by atoms with van der Waals surface area (Å²) in [5.41, 5.74) is 1.52. The summed E-state index contributed by atoms with van der Waals surface area (Å²) in [7, 11) is 0. The van der Waals surface area contributed by atoms with Gasteiger partial charge >= 0.3 is 0 Å². The predicted octanol–water partition coefficient (Wildman–Crippen LogP) is 3.43. The number of nitrogens with one attached hydrogen (secondary N) is 1. The molecule has 1 heterocycles. The number of rotatable bonds is 1. The van der Waals surface area contributed by atoms with Gasteiger partial charge < -0.3 is 0 Å². The van der Waals surface area contributed by atoms with Crippen LogP contribution >= 0.6 is 15.9 Å². The van der Waals surface area contributed by atoms with Crippen molar-refractivity contribution in [1.82, 2.24) is 10.2 Å². The average Bonchev–Trinajstić information content (AvgIpc) is 2.49. The molecule has 0 atom stereocenters. The van der Waals surface area contributed by atoms with Gasteiger partial charge in [-0.15, -0.1) is 0 Å². The molecule has 0 amide bonds. The first-order valence-electron chi connectivity index (χ1n) is 4.25. The Morgan fingerprint density at radius 2 is 2.07 bits per heavy atom. The van der Waals surface area contributed by atoms with Gasteiger partial charge in [-0.05, 0) is 35.0 Å². The van der Waals surface area contributed by atoms with Crippen molar-refractivity contribution < 1.29 is 8.78 Å². The summed E-state index contributed by atoms with van der Waals surface area (Å²) in [6, 6.07) is 3.41. The van der Waals surface area contributed by atoms with Gasteiger partial charge in [-0.2, -0.15) is 5.10 Å². The minimum atomic E-state index is -0.623. The van der Waals surface area contributed by atoms with Gasteiger partial charge in [-0.25, -0.2) is 8.78 Å². The van der Waals surface area contributed by atoms with E-state index in [1.165, 1.54) is 12.1 Å². The van der Waals surface area contributed by atoms with Gasteiger partial charge in [0.25, 0.3) is 0 Å². The molecule has 1 aromatic heterocycles. The molecule has 78 valence electrons. The van der Waals surface area contributed by atoms with Crippen molar-refractivity contribution >= 4 is 15.9 Å². The normalized spacial score (nSPS) is 10.7. The molecule has 5 heteroatoms. The van der Waals surface area contributed by atoms with Gasteiger partial charge in [0.1, 0.15) is 17.3 Å². The summed E-state index contributed by atoms with van der Waals surface area (Å²) >= 11 is 3.29. The van der Waals surface area contributed by atoms with Crippen LogP contribution in [0.1, 0.15) is 5.69 Å². The van der Waals surface area contributed by atoms with Crippen molar-refractivity contribution in [3.8, 4) is 11.3 Å². The number of hydrogen-bond donors (Lipinski definition) is 1. The first-order chi connectivity index (χ1) is 7.09. The molecule has 2 nitrogen and oxygen atoms in total. The Balaban J connectivity index is 2.59. The van der Waals surface area contributed by atoms with Gasteiger partial charge in [-0.1, -0.05) is 0 Å². The van der Waals surface area contributed by atoms with E-state index in [9.17, 15) is 8.78 Å². The first kappa shape index (κ1) is 10.3. The molecule has 0 saturated carbocycles. The minimum absolute atomic E-state index is 0.271. The third-order valence-corrected chi connectivity index (χ3v) is 3.03. The highest BCUT2D eigenvalue weighted by molar-refractivity contribution is 9.10. The highest BCUT2D eigenvalue weighted by Crippen LogP contribution is 2.30. The summed E-state index contributed by atoms with van der Waals surface area (Å²) in [5.74, 6) is -1.22. The highest BCUT2D eigenvalue weighted by Gasteiger charge is 2.13. The fraction of sp³-hybridized carbons (Fsp3) is 0.100. The molecule has 0 bridgehead atoms. The van der Waals surface area contributed by atoms with Crippen LogP contribution in [0.4, 0.5) is 8.78 Å². The van der Waals surface area contributed by atoms with Gasteiger partial charge in [0.15, 0.2) is 0 Å². The molecule has 2 rings (SSSR count). The Labute approximate surface area is 93.4 Å². The lowest BCUT2D eigenvalue weighted by Gasteiger charge is -2.00. The van der Waals surface area contributed by atoms with Crippen molar-refractivity contribution in [2.75, 3.05) is 0 Å². The molecule has 0 aliphatic rings. The molecule has 0 fully saturated rings. The lowest BCUT2D eigenvalue weighted by atomic mass is 10.1. The summed E-state index contributed by atoms with van der Waals surface area (Å²) < 4.78 is 26.8. The van der Waals surface area contributed by atoms with Gasteiger partial charge in [0.05, 0.1) is 4.47 Å². The van der Waals surface area contributed by atoms with E-state index in [0.29, 0.717) is 10.2 Å². The lowest BCUT2D eigenvalue weighted by molar-refractivity contribution is 0.585. The molecule has 0 spiro atoms. The third kappa shape index (κ3) is 1.79. The van der Waals surface area contributed by atoms with Gasteiger partial charge in [0, 0.05) is 17.3 Å². The number of hydrogen-bond acceptors (Lipinski definition) is 1. The lowest BCUT2D eigenvalue weighted by Crippen LogP contribution is -1.87.